The van der Waals surface area contributed by atoms with E-state index in [1.54, 1.807) is 36.4 Å². The van der Waals surface area contributed by atoms with Crippen LogP contribution in [0, 0.1) is 6.92 Å². The summed E-state index contributed by atoms with van der Waals surface area (Å²) >= 11 is 6.07. The Kier molecular flexibility index (Phi) is 7.75. The number of halogens is 1. The number of carbonyl (C=O) groups is 2. The fourth-order valence-electron chi connectivity index (χ4n) is 3.69. The molecule has 2 N–H and O–H groups in total. The third-order valence-corrected chi connectivity index (χ3v) is 5.87. The molecule has 1 aliphatic rings. The van der Waals surface area contributed by atoms with Gasteiger partial charge in [-0.1, -0.05) is 49.9 Å². The van der Waals surface area contributed by atoms with Crippen molar-refractivity contribution in [3.05, 3.63) is 58.6 Å². The first-order valence-electron chi connectivity index (χ1n) is 10.6. The second kappa shape index (κ2) is 10.5. The lowest BCUT2D eigenvalue weighted by atomic mass is 9.95. The van der Waals surface area contributed by atoms with Crippen LogP contribution in [0.4, 0.5) is 5.69 Å². The van der Waals surface area contributed by atoms with Gasteiger partial charge in [0.15, 0.2) is 6.10 Å². The molecule has 6 heteroatoms. The van der Waals surface area contributed by atoms with Crippen molar-refractivity contribution in [2.75, 3.05) is 5.32 Å². The molecular weight excluding hydrogens is 400 g/mol. The molecule has 0 radical (unpaired) electrons. The molecule has 0 aromatic heterocycles. The van der Waals surface area contributed by atoms with E-state index in [1.165, 1.54) is 6.42 Å². The number of anilines is 1. The summed E-state index contributed by atoms with van der Waals surface area (Å²) in [5, 5.41) is 6.64. The Hall–Kier alpha value is -2.53. The van der Waals surface area contributed by atoms with Gasteiger partial charge in [-0.25, -0.2) is 0 Å². The molecule has 0 aliphatic heterocycles. The van der Waals surface area contributed by atoms with E-state index in [2.05, 4.69) is 10.6 Å². The monoisotopic (exact) mass is 428 g/mol. The summed E-state index contributed by atoms with van der Waals surface area (Å²) in [6.07, 6.45) is 5.33. The van der Waals surface area contributed by atoms with Gasteiger partial charge in [-0.2, -0.15) is 0 Å². The summed E-state index contributed by atoms with van der Waals surface area (Å²) in [6, 6.07) is 12.6. The van der Waals surface area contributed by atoms with Gasteiger partial charge in [-0.3, -0.25) is 9.59 Å². The summed E-state index contributed by atoms with van der Waals surface area (Å²) in [4.78, 5) is 25.7. The van der Waals surface area contributed by atoms with Gasteiger partial charge >= 0.3 is 0 Å². The molecule has 0 saturated heterocycles. The van der Waals surface area contributed by atoms with E-state index in [1.807, 2.05) is 19.9 Å². The van der Waals surface area contributed by atoms with Crippen LogP contribution in [-0.4, -0.2) is 24.0 Å². The molecule has 1 saturated carbocycles. The number of ether oxygens (including phenoxy) is 1. The average Bonchev–Trinajstić information content (AvgIpc) is 2.75. The van der Waals surface area contributed by atoms with Crippen LogP contribution in [0.2, 0.25) is 5.02 Å². The van der Waals surface area contributed by atoms with Crippen LogP contribution in [0.5, 0.6) is 5.75 Å². The first-order chi connectivity index (χ1) is 14.5. The standard InChI is InChI=1S/C24H29ClN2O3/c1-3-22(30-18-13-14-20(25)16(2)15-18)24(29)27-21-12-8-7-11-19(21)23(28)26-17-9-5-4-6-10-17/h7-8,11-15,17,22H,3-6,9-10H2,1-2H3,(H,26,28)(H,27,29)/t22-/m0/s1. The highest BCUT2D eigenvalue weighted by Gasteiger charge is 2.22. The smallest absolute Gasteiger partial charge is 0.265 e. The number of aryl methyl sites for hydroxylation is 1. The SMILES string of the molecule is CC[C@H](Oc1ccc(Cl)c(C)c1)C(=O)Nc1ccccc1C(=O)NC1CCCCC1. The third-order valence-electron chi connectivity index (χ3n) is 5.44. The largest absolute Gasteiger partial charge is 0.481 e. The average molecular weight is 429 g/mol. The van der Waals surface area contributed by atoms with E-state index in [0.717, 1.165) is 31.2 Å². The number of benzene rings is 2. The number of hydrogen-bond acceptors (Lipinski definition) is 3. The maximum Gasteiger partial charge on any atom is 0.265 e. The Morgan fingerprint density at radius 1 is 1.13 bits per heavy atom. The van der Waals surface area contributed by atoms with E-state index < -0.39 is 6.10 Å². The summed E-state index contributed by atoms with van der Waals surface area (Å²) in [5.41, 5.74) is 1.84. The maximum absolute atomic E-state index is 12.9. The lowest BCUT2D eigenvalue weighted by Gasteiger charge is -2.23. The van der Waals surface area contributed by atoms with Crippen molar-refractivity contribution in [1.82, 2.24) is 5.32 Å². The Labute approximate surface area is 183 Å². The zero-order chi connectivity index (χ0) is 21.5. The molecule has 0 unspecified atom stereocenters. The van der Waals surface area contributed by atoms with Gasteiger partial charge in [-0.05, 0) is 62.1 Å². The molecule has 2 aromatic carbocycles. The van der Waals surface area contributed by atoms with Crippen molar-refractivity contribution in [3.63, 3.8) is 0 Å². The Bertz CT molecular complexity index is 894. The maximum atomic E-state index is 12.9. The summed E-state index contributed by atoms with van der Waals surface area (Å²) in [6.45, 7) is 3.77. The molecule has 0 bridgehead atoms. The highest BCUT2D eigenvalue weighted by Crippen LogP contribution is 2.24. The van der Waals surface area contributed by atoms with E-state index in [4.69, 9.17) is 16.3 Å². The van der Waals surface area contributed by atoms with Gasteiger partial charge in [0.2, 0.25) is 0 Å². The van der Waals surface area contributed by atoms with Crippen molar-refractivity contribution in [1.29, 1.82) is 0 Å². The van der Waals surface area contributed by atoms with Crippen molar-refractivity contribution in [3.8, 4) is 5.75 Å². The molecule has 1 aliphatic carbocycles. The molecule has 2 amide bonds. The number of hydrogen-bond donors (Lipinski definition) is 2. The second-order valence-corrected chi connectivity index (χ2v) is 8.18. The van der Waals surface area contributed by atoms with Crippen LogP contribution in [0.25, 0.3) is 0 Å². The predicted molar refractivity (Wildman–Crippen MR) is 120 cm³/mol. The van der Waals surface area contributed by atoms with Crippen LogP contribution in [0.1, 0.15) is 61.4 Å². The molecule has 0 heterocycles. The molecular formula is C24H29ClN2O3. The Morgan fingerprint density at radius 2 is 1.87 bits per heavy atom. The third kappa shape index (κ3) is 5.76. The fraction of sp³-hybridized carbons (Fsp3) is 0.417. The number of carbonyl (C=O) groups excluding carboxylic acids is 2. The van der Waals surface area contributed by atoms with Gasteiger partial charge in [0.1, 0.15) is 5.75 Å². The lowest BCUT2D eigenvalue weighted by Crippen LogP contribution is -2.37. The Morgan fingerprint density at radius 3 is 2.57 bits per heavy atom. The number of nitrogens with one attached hydrogen (secondary N) is 2. The molecule has 1 atom stereocenters. The quantitative estimate of drug-likeness (QED) is 0.611. The fourth-order valence-corrected chi connectivity index (χ4v) is 3.81. The molecule has 5 nitrogen and oxygen atoms in total. The van der Waals surface area contributed by atoms with Gasteiger partial charge in [0.05, 0.1) is 11.3 Å². The van der Waals surface area contributed by atoms with Crippen molar-refractivity contribution >= 4 is 29.1 Å². The number of para-hydroxylation sites is 1. The minimum atomic E-state index is -0.681. The minimum absolute atomic E-state index is 0.153. The molecule has 3 rings (SSSR count). The van der Waals surface area contributed by atoms with Crippen LogP contribution in [0.3, 0.4) is 0 Å². The summed E-state index contributed by atoms with van der Waals surface area (Å²) in [5.74, 6) is 0.144. The number of rotatable bonds is 7. The van der Waals surface area contributed by atoms with Crippen LogP contribution in [0.15, 0.2) is 42.5 Å². The van der Waals surface area contributed by atoms with E-state index in [0.29, 0.717) is 28.4 Å². The Balaban J connectivity index is 1.68. The first-order valence-corrected chi connectivity index (χ1v) is 11.0. The molecule has 2 aromatic rings. The van der Waals surface area contributed by atoms with E-state index in [-0.39, 0.29) is 17.9 Å². The molecule has 30 heavy (non-hydrogen) atoms. The predicted octanol–water partition coefficient (Wildman–Crippen LogP) is 5.51. The normalized spacial score (nSPS) is 15.3. The van der Waals surface area contributed by atoms with Gasteiger partial charge in [0.25, 0.3) is 11.8 Å². The van der Waals surface area contributed by atoms with Crippen LogP contribution in [-0.2, 0) is 4.79 Å². The van der Waals surface area contributed by atoms with Gasteiger partial charge < -0.3 is 15.4 Å². The highest BCUT2D eigenvalue weighted by molar-refractivity contribution is 6.31. The van der Waals surface area contributed by atoms with E-state index in [9.17, 15) is 9.59 Å². The van der Waals surface area contributed by atoms with Gasteiger partial charge in [0, 0.05) is 11.1 Å². The van der Waals surface area contributed by atoms with Crippen LogP contribution < -0.4 is 15.4 Å². The minimum Gasteiger partial charge on any atom is -0.481 e. The zero-order valence-corrected chi connectivity index (χ0v) is 18.3. The lowest BCUT2D eigenvalue weighted by molar-refractivity contribution is -0.122. The summed E-state index contributed by atoms with van der Waals surface area (Å²) < 4.78 is 5.88. The topological polar surface area (TPSA) is 67.4 Å². The summed E-state index contributed by atoms with van der Waals surface area (Å²) in [7, 11) is 0. The number of amides is 2. The van der Waals surface area contributed by atoms with E-state index >= 15 is 0 Å². The van der Waals surface area contributed by atoms with Crippen molar-refractivity contribution < 1.29 is 14.3 Å². The van der Waals surface area contributed by atoms with Crippen molar-refractivity contribution in [2.24, 2.45) is 0 Å². The first kappa shape index (κ1) is 22.2. The molecule has 0 spiro atoms. The highest BCUT2D eigenvalue weighted by atomic mass is 35.5. The molecule has 160 valence electrons. The van der Waals surface area contributed by atoms with Crippen LogP contribution >= 0.6 is 11.6 Å². The van der Waals surface area contributed by atoms with Crippen molar-refractivity contribution in [2.45, 2.75) is 64.5 Å². The zero-order valence-electron chi connectivity index (χ0n) is 17.5. The second-order valence-electron chi connectivity index (χ2n) is 7.77. The van der Waals surface area contributed by atoms with Gasteiger partial charge in [-0.15, -0.1) is 0 Å². The molecule has 1 fully saturated rings.